The van der Waals surface area contributed by atoms with Crippen molar-refractivity contribution in [1.82, 2.24) is 0 Å². The average molecular weight is 313 g/mol. The predicted octanol–water partition coefficient (Wildman–Crippen LogP) is 3.59. The third-order valence-electron chi connectivity index (χ3n) is 5.84. The summed E-state index contributed by atoms with van der Waals surface area (Å²) in [6.45, 7) is 5.24. The van der Waals surface area contributed by atoms with Crippen LogP contribution in [-0.2, 0) is 9.53 Å². The first-order valence-corrected chi connectivity index (χ1v) is 9.98. The van der Waals surface area contributed by atoms with Crippen molar-refractivity contribution in [3.63, 3.8) is 0 Å². The van der Waals surface area contributed by atoms with Crippen molar-refractivity contribution >= 4 is 29.5 Å². The Morgan fingerprint density at radius 1 is 0.950 bits per heavy atom. The molecule has 0 radical (unpaired) electrons. The summed E-state index contributed by atoms with van der Waals surface area (Å²) in [5.74, 6) is 2.13. The lowest BCUT2D eigenvalue weighted by Crippen LogP contribution is -2.33. The van der Waals surface area contributed by atoms with E-state index in [4.69, 9.17) is 4.74 Å². The van der Waals surface area contributed by atoms with Gasteiger partial charge in [0.05, 0.1) is 12.5 Å². The number of esters is 1. The standard InChI is InChI=1S/C16H24O2S2/c1-8-3-12-14(19-12)5-10(8)7-18-16(17)11-6-15-13(20-15)4-9(11)2/h8-15H,3-7H2,1-2H3. The molecule has 8 atom stereocenters. The molecule has 2 aliphatic heterocycles. The molecule has 0 aromatic rings. The largest absolute Gasteiger partial charge is 0.465 e. The number of carbonyl (C=O) groups excluding carboxylic acids is 1. The van der Waals surface area contributed by atoms with Gasteiger partial charge in [0.2, 0.25) is 0 Å². The van der Waals surface area contributed by atoms with Crippen LogP contribution < -0.4 is 0 Å². The minimum absolute atomic E-state index is 0.0984. The molecule has 0 aromatic heterocycles. The molecule has 0 bridgehead atoms. The van der Waals surface area contributed by atoms with Gasteiger partial charge in [-0.1, -0.05) is 13.8 Å². The maximum Gasteiger partial charge on any atom is 0.309 e. The number of rotatable bonds is 3. The summed E-state index contributed by atoms with van der Waals surface area (Å²) < 4.78 is 5.74. The molecular formula is C16H24O2S2. The normalized spacial score (nSPS) is 52.7. The van der Waals surface area contributed by atoms with Crippen LogP contribution >= 0.6 is 23.5 Å². The van der Waals surface area contributed by atoms with Crippen LogP contribution in [0.1, 0.15) is 39.5 Å². The van der Waals surface area contributed by atoms with Crippen LogP contribution in [-0.4, -0.2) is 33.6 Å². The highest BCUT2D eigenvalue weighted by Crippen LogP contribution is 2.55. The first kappa shape index (κ1) is 13.8. The third kappa shape index (κ3) is 2.63. The molecule has 2 saturated carbocycles. The van der Waals surface area contributed by atoms with E-state index in [0.717, 1.165) is 33.3 Å². The van der Waals surface area contributed by atoms with Crippen LogP contribution in [0.15, 0.2) is 0 Å². The molecule has 112 valence electrons. The van der Waals surface area contributed by atoms with E-state index in [1.54, 1.807) is 0 Å². The third-order valence-corrected chi connectivity index (χ3v) is 8.69. The molecule has 2 saturated heterocycles. The van der Waals surface area contributed by atoms with Gasteiger partial charge in [-0.25, -0.2) is 0 Å². The summed E-state index contributed by atoms with van der Waals surface area (Å²) in [6, 6.07) is 0. The van der Waals surface area contributed by atoms with E-state index in [1.165, 1.54) is 19.3 Å². The zero-order chi connectivity index (χ0) is 13.9. The van der Waals surface area contributed by atoms with Gasteiger partial charge in [-0.05, 0) is 43.4 Å². The summed E-state index contributed by atoms with van der Waals surface area (Å²) in [5.41, 5.74) is 0. The monoisotopic (exact) mass is 312 g/mol. The Morgan fingerprint density at radius 2 is 1.55 bits per heavy atom. The lowest BCUT2D eigenvalue weighted by Gasteiger charge is -2.29. The number of hydrogen-bond acceptors (Lipinski definition) is 4. The number of thioether (sulfide) groups is 2. The average Bonchev–Trinajstić information content (AvgIpc) is 3.29. The van der Waals surface area contributed by atoms with Crippen LogP contribution in [0.5, 0.6) is 0 Å². The molecule has 0 aromatic carbocycles. The Kier molecular flexibility index (Phi) is 3.53. The first-order valence-electron chi connectivity index (χ1n) is 8.09. The maximum absolute atomic E-state index is 12.4. The van der Waals surface area contributed by atoms with E-state index in [-0.39, 0.29) is 11.9 Å². The Bertz CT molecular complexity index is 413. The predicted molar refractivity (Wildman–Crippen MR) is 85.1 cm³/mol. The number of fused-ring (bicyclic) bond motifs is 2. The van der Waals surface area contributed by atoms with Gasteiger partial charge in [-0.2, -0.15) is 23.5 Å². The molecule has 2 heterocycles. The molecule has 8 unspecified atom stereocenters. The highest BCUT2D eigenvalue weighted by molar-refractivity contribution is 8.08. The molecule has 0 spiro atoms. The smallest absolute Gasteiger partial charge is 0.309 e. The molecule has 4 fully saturated rings. The highest BCUT2D eigenvalue weighted by Gasteiger charge is 2.49. The van der Waals surface area contributed by atoms with Crippen LogP contribution in [0, 0.1) is 23.7 Å². The molecule has 4 aliphatic rings. The Morgan fingerprint density at radius 3 is 2.30 bits per heavy atom. The molecule has 20 heavy (non-hydrogen) atoms. The molecule has 2 aliphatic carbocycles. The summed E-state index contributed by atoms with van der Waals surface area (Å²) in [6.07, 6.45) is 4.88. The maximum atomic E-state index is 12.4. The van der Waals surface area contributed by atoms with Crippen molar-refractivity contribution in [2.75, 3.05) is 6.61 Å². The molecule has 0 N–H and O–H groups in total. The lowest BCUT2D eigenvalue weighted by atomic mass is 9.80. The molecule has 4 rings (SSSR count). The van der Waals surface area contributed by atoms with E-state index in [0.29, 0.717) is 18.4 Å². The Hall–Kier alpha value is 0.170. The van der Waals surface area contributed by atoms with E-state index < -0.39 is 0 Å². The van der Waals surface area contributed by atoms with E-state index >= 15 is 0 Å². The minimum atomic E-state index is 0.0984. The fourth-order valence-corrected chi connectivity index (χ4v) is 6.81. The lowest BCUT2D eigenvalue weighted by molar-refractivity contribution is -0.153. The second-order valence-electron chi connectivity index (χ2n) is 7.32. The van der Waals surface area contributed by atoms with Crippen molar-refractivity contribution < 1.29 is 9.53 Å². The molecule has 2 nitrogen and oxygen atoms in total. The summed E-state index contributed by atoms with van der Waals surface area (Å²) in [7, 11) is 0. The van der Waals surface area contributed by atoms with Gasteiger partial charge >= 0.3 is 5.97 Å². The van der Waals surface area contributed by atoms with Crippen molar-refractivity contribution in [2.45, 2.75) is 60.5 Å². The first-order chi connectivity index (χ1) is 9.61. The zero-order valence-corrected chi connectivity index (χ0v) is 13.9. The Labute approximate surface area is 130 Å². The van der Waals surface area contributed by atoms with E-state index in [2.05, 4.69) is 37.4 Å². The van der Waals surface area contributed by atoms with Gasteiger partial charge in [-0.15, -0.1) is 0 Å². The van der Waals surface area contributed by atoms with Gasteiger partial charge in [0, 0.05) is 21.0 Å². The van der Waals surface area contributed by atoms with Crippen LogP contribution in [0.4, 0.5) is 0 Å². The van der Waals surface area contributed by atoms with Gasteiger partial charge in [0.25, 0.3) is 0 Å². The summed E-state index contributed by atoms with van der Waals surface area (Å²) in [4.78, 5) is 12.4. The van der Waals surface area contributed by atoms with Crippen LogP contribution in [0.25, 0.3) is 0 Å². The Balaban J connectivity index is 1.29. The van der Waals surface area contributed by atoms with Gasteiger partial charge in [0.1, 0.15) is 0 Å². The number of carbonyl (C=O) groups is 1. The summed E-state index contributed by atoms with van der Waals surface area (Å²) >= 11 is 4.20. The van der Waals surface area contributed by atoms with Crippen LogP contribution in [0.2, 0.25) is 0 Å². The number of ether oxygens (including phenoxy) is 1. The van der Waals surface area contributed by atoms with Crippen molar-refractivity contribution in [2.24, 2.45) is 23.7 Å². The minimum Gasteiger partial charge on any atom is -0.465 e. The second-order valence-corrected chi connectivity index (χ2v) is 10.3. The molecule has 0 amide bonds. The fourth-order valence-electron chi connectivity index (χ4n) is 4.15. The van der Waals surface area contributed by atoms with Gasteiger partial charge in [0.15, 0.2) is 0 Å². The SMILES string of the molecule is CC1CC2SC2CC1COC(=O)C1CC2SC2CC1C. The van der Waals surface area contributed by atoms with Crippen molar-refractivity contribution in [3.05, 3.63) is 0 Å². The van der Waals surface area contributed by atoms with Crippen molar-refractivity contribution in [3.8, 4) is 0 Å². The second kappa shape index (κ2) is 5.12. The van der Waals surface area contributed by atoms with E-state index in [9.17, 15) is 4.79 Å². The van der Waals surface area contributed by atoms with Gasteiger partial charge in [-0.3, -0.25) is 4.79 Å². The quantitative estimate of drug-likeness (QED) is 0.588. The topological polar surface area (TPSA) is 26.3 Å². The fraction of sp³-hybridized carbons (Fsp3) is 0.938. The van der Waals surface area contributed by atoms with E-state index in [1.807, 2.05) is 0 Å². The van der Waals surface area contributed by atoms with Gasteiger partial charge < -0.3 is 4.74 Å². The highest BCUT2D eigenvalue weighted by atomic mass is 32.2. The zero-order valence-electron chi connectivity index (χ0n) is 12.3. The van der Waals surface area contributed by atoms with Crippen LogP contribution in [0.3, 0.4) is 0 Å². The molecule has 4 heteroatoms. The number of hydrogen-bond donors (Lipinski definition) is 0. The molecular weight excluding hydrogens is 288 g/mol. The van der Waals surface area contributed by atoms with Crippen molar-refractivity contribution in [1.29, 1.82) is 0 Å². The summed E-state index contributed by atoms with van der Waals surface area (Å²) in [5, 5.41) is 3.43.